The first-order valence-corrected chi connectivity index (χ1v) is 12.4. The van der Waals surface area contributed by atoms with E-state index in [1.165, 1.54) is 12.7 Å². The highest BCUT2D eigenvalue weighted by atomic mass is 32.2. The van der Waals surface area contributed by atoms with E-state index in [4.69, 9.17) is 4.74 Å². The third-order valence-corrected chi connectivity index (χ3v) is 6.46. The maximum atomic E-state index is 13.2. The van der Waals surface area contributed by atoms with E-state index in [-0.39, 0.29) is 5.91 Å². The van der Waals surface area contributed by atoms with Crippen LogP contribution >= 0.6 is 11.8 Å². The standard InChI is InChI=1S/C25H33N3O3S/c1-27-12-14-28(15-13-27)18-19-9-10-21(22(17-19)20-7-5-4-6-8-20)24(29)26-23(11-16-32-3)25(30)31-2/h4-10,17,23H,11-16,18H2,1-3H3,(H,26,29)/t23-/m0/s1. The normalized spacial score (nSPS) is 15.8. The fourth-order valence-electron chi connectivity index (χ4n) is 3.87. The number of ether oxygens (including phenoxy) is 1. The molecule has 1 fully saturated rings. The number of hydrogen-bond acceptors (Lipinski definition) is 6. The van der Waals surface area contributed by atoms with Crippen LogP contribution in [0.15, 0.2) is 48.5 Å². The van der Waals surface area contributed by atoms with Crippen molar-refractivity contribution in [3.8, 4) is 11.1 Å². The molecule has 0 unspecified atom stereocenters. The summed E-state index contributed by atoms with van der Waals surface area (Å²) < 4.78 is 4.90. The topological polar surface area (TPSA) is 61.9 Å². The van der Waals surface area contributed by atoms with Crippen molar-refractivity contribution in [2.24, 2.45) is 0 Å². The molecule has 32 heavy (non-hydrogen) atoms. The van der Waals surface area contributed by atoms with Gasteiger partial charge in [-0.15, -0.1) is 0 Å². The van der Waals surface area contributed by atoms with Crippen molar-refractivity contribution in [2.45, 2.75) is 19.0 Å². The number of thioether (sulfide) groups is 1. The van der Waals surface area contributed by atoms with E-state index in [1.807, 2.05) is 48.7 Å². The van der Waals surface area contributed by atoms with Gasteiger partial charge in [0.15, 0.2) is 0 Å². The number of amides is 1. The number of hydrogen-bond donors (Lipinski definition) is 1. The summed E-state index contributed by atoms with van der Waals surface area (Å²) in [6, 6.07) is 15.3. The fourth-order valence-corrected chi connectivity index (χ4v) is 4.34. The Balaban J connectivity index is 1.85. The summed E-state index contributed by atoms with van der Waals surface area (Å²) in [5, 5.41) is 2.89. The van der Waals surface area contributed by atoms with Crippen LogP contribution in [0.3, 0.4) is 0 Å². The predicted octanol–water partition coefficient (Wildman–Crippen LogP) is 3.13. The molecule has 2 aromatic carbocycles. The van der Waals surface area contributed by atoms with E-state index < -0.39 is 12.0 Å². The second-order valence-electron chi connectivity index (χ2n) is 8.16. The van der Waals surface area contributed by atoms with Crippen LogP contribution in [0.25, 0.3) is 11.1 Å². The average molecular weight is 456 g/mol. The first-order chi connectivity index (χ1) is 15.5. The molecule has 0 saturated carbocycles. The third kappa shape index (κ3) is 6.58. The number of nitrogens with one attached hydrogen (secondary N) is 1. The Labute approximate surface area is 195 Å². The summed E-state index contributed by atoms with van der Waals surface area (Å²) >= 11 is 1.63. The highest BCUT2D eigenvalue weighted by Crippen LogP contribution is 2.26. The summed E-state index contributed by atoms with van der Waals surface area (Å²) in [7, 11) is 3.50. The molecule has 0 radical (unpaired) electrons. The Kier molecular flexibility index (Phi) is 9.14. The van der Waals surface area contributed by atoms with Crippen LogP contribution in [0.2, 0.25) is 0 Å². The van der Waals surface area contributed by atoms with Crippen molar-refractivity contribution in [3.63, 3.8) is 0 Å². The molecular formula is C25H33N3O3S. The number of benzene rings is 2. The molecule has 0 bridgehead atoms. The van der Waals surface area contributed by atoms with Crippen molar-refractivity contribution in [1.29, 1.82) is 0 Å². The number of rotatable bonds is 9. The van der Waals surface area contributed by atoms with E-state index in [0.29, 0.717) is 12.0 Å². The molecule has 0 spiro atoms. The number of esters is 1. The molecule has 1 heterocycles. The summed E-state index contributed by atoms with van der Waals surface area (Å²) in [5.41, 5.74) is 3.60. The van der Waals surface area contributed by atoms with Crippen LogP contribution < -0.4 is 5.32 Å². The first-order valence-electron chi connectivity index (χ1n) is 11.0. The van der Waals surface area contributed by atoms with Gasteiger partial charge in [-0.2, -0.15) is 11.8 Å². The van der Waals surface area contributed by atoms with Gasteiger partial charge in [0.1, 0.15) is 6.04 Å². The lowest BCUT2D eigenvalue weighted by Gasteiger charge is -2.32. The molecular weight excluding hydrogens is 422 g/mol. The quantitative estimate of drug-likeness (QED) is 0.586. The number of nitrogens with zero attached hydrogens (tertiary/aromatic N) is 2. The van der Waals surface area contributed by atoms with Crippen LogP contribution in [0, 0.1) is 0 Å². The summed E-state index contributed by atoms with van der Waals surface area (Å²) in [6.45, 7) is 5.06. The molecule has 0 aliphatic carbocycles. The van der Waals surface area contributed by atoms with Crippen LogP contribution in [-0.4, -0.2) is 80.1 Å². The van der Waals surface area contributed by atoms with Gasteiger partial charge in [0.2, 0.25) is 0 Å². The number of piperazine rings is 1. The van der Waals surface area contributed by atoms with Crippen molar-refractivity contribution < 1.29 is 14.3 Å². The van der Waals surface area contributed by atoms with Crippen LogP contribution in [0.5, 0.6) is 0 Å². The second-order valence-corrected chi connectivity index (χ2v) is 9.14. The molecule has 7 heteroatoms. The number of carbonyl (C=O) groups is 2. The molecule has 172 valence electrons. The zero-order valence-corrected chi connectivity index (χ0v) is 20.0. The van der Waals surface area contributed by atoms with Crippen molar-refractivity contribution in [1.82, 2.24) is 15.1 Å². The Morgan fingerprint density at radius 3 is 2.47 bits per heavy atom. The molecule has 1 N–H and O–H groups in total. The van der Waals surface area contributed by atoms with Gasteiger partial charge in [-0.25, -0.2) is 4.79 Å². The lowest BCUT2D eigenvalue weighted by atomic mass is 9.96. The van der Waals surface area contributed by atoms with Gasteiger partial charge in [0.05, 0.1) is 7.11 Å². The van der Waals surface area contributed by atoms with Crippen molar-refractivity contribution in [2.75, 3.05) is 52.3 Å². The van der Waals surface area contributed by atoms with Crippen LogP contribution in [0.1, 0.15) is 22.3 Å². The molecule has 6 nitrogen and oxygen atoms in total. The van der Waals surface area contributed by atoms with Crippen molar-refractivity contribution in [3.05, 3.63) is 59.7 Å². The minimum absolute atomic E-state index is 0.258. The van der Waals surface area contributed by atoms with Crippen LogP contribution in [-0.2, 0) is 16.1 Å². The second kappa shape index (κ2) is 12.0. The SMILES string of the molecule is COC(=O)[C@H](CCSC)NC(=O)c1ccc(CN2CCN(C)CC2)cc1-c1ccccc1. The van der Waals surface area contributed by atoms with E-state index in [9.17, 15) is 9.59 Å². The molecule has 0 aromatic heterocycles. The van der Waals surface area contributed by atoms with Crippen LogP contribution in [0.4, 0.5) is 0 Å². The Morgan fingerprint density at radius 2 is 1.81 bits per heavy atom. The van der Waals surface area contributed by atoms with E-state index >= 15 is 0 Å². The maximum absolute atomic E-state index is 13.2. The number of methoxy groups -OCH3 is 1. The van der Waals surface area contributed by atoms with Gasteiger partial charge in [-0.3, -0.25) is 9.69 Å². The molecule has 2 aromatic rings. The highest BCUT2D eigenvalue weighted by Gasteiger charge is 2.24. The number of carbonyl (C=O) groups excluding carboxylic acids is 2. The molecule has 3 rings (SSSR count). The Hall–Kier alpha value is -2.35. The molecule has 1 amide bonds. The van der Waals surface area contributed by atoms with Gasteiger partial charge in [0, 0.05) is 38.3 Å². The fraction of sp³-hybridized carbons (Fsp3) is 0.440. The predicted molar refractivity (Wildman–Crippen MR) is 131 cm³/mol. The van der Waals surface area contributed by atoms with Gasteiger partial charge in [-0.1, -0.05) is 36.4 Å². The van der Waals surface area contributed by atoms with E-state index in [1.54, 1.807) is 11.8 Å². The lowest BCUT2D eigenvalue weighted by molar-refractivity contribution is -0.142. The first kappa shape index (κ1) is 24.3. The summed E-state index contributed by atoms with van der Waals surface area (Å²) in [6.07, 6.45) is 2.50. The maximum Gasteiger partial charge on any atom is 0.328 e. The van der Waals surface area contributed by atoms with Gasteiger partial charge < -0.3 is 15.0 Å². The van der Waals surface area contributed by atoms with E-state index in [2.05, 4.69) is 28.2 Å². The zero-order valence-electron chi connectivity index (χ0n) is 19.2. The number of likely N-dealkylation sites (N-methyl/N-ethyl adjacent to an activating group) is 1. The van der Waals surface area contributed by atoms with Crippen molar-refractivity contribution >= 4 is 23.6 Å². The third-order valence-electron chi connectivity index (χ3n) is 5.82. The average Bonchev–Trinajstić information content (AvgIpc) is 2.83. The summed E-state index contributed by atoms with van der Waals surface area (Å²) in [5.74, 6) is 0.0853. The molecule has 1 saturated heterocycles. The smallest absolute Gasteiger partial charge is 0.328 e. The highest BCUT2D eigenvalue weighted by molar-refractivity contribution is 7.98. The van der Waals surface area contributed by atoms with Gasteiger partial charge in [-0.05, 0) is 54.3 Å². The largest absolute Gasteiger partial charge is 0.467 e. The molecule has 1 atom stereocenters. The minimum Gasteiger partial charge on any atom is -0.467 e. The van der Waals surface area contributed by atoms with Gasteiger partial charge >= 0.3 is 5.97 Å². The Morgan fingerprint density at radius 1 is 1.09 bits per heavy atom. The minimum atomic E-state index is -0.659. The molecule has 1 aliphatic rings. The molecule has 1 aliphatic heterocycles. The summed E-state index contributed by atoms with van der Waals surface area (Å²) in [4.78, 5) is 30.2. The monoisotopic (exact) mass is 455 g/mol. The Bertz CT molecular complexity index is 899. The van der Waals surface area contributed by atoms with E-state index in [0.717, 1.165) is 49.6 Å². The van der Waals surface area contributed by atoms with Gasteiger partial charge in [0.25, 0.3) is 5.91 Å². The lowest BCUT2D eigenvalue weighted by Crippen LogP contribution is -2.43. The zero-order chi connectivity index (χ0) is 22.9.